The zero-order valence-corrected chi connectivity index (χ0v) is 18.7. The van der Waals surface area contributed by atoms with Crippen LogP contribution in [0, 0.1) is 13.8 Å². The number of benzene rings is 3. The topological polar surface area (TPSA) is 75.7 Å². The van der Waals surface area contributed by atoms with E-state index in [-0.39, 0.29) is 5.57 Å². The van der Waals surface area contributed by atoms with Crippen LogP contribution in [0.15, 0.2) is 72.3 Å². The first-order valence-electron chi connectivity index (χ1n) is 10.6. The molecule has 0 atom stereocenters. The Bertz CT molecular complexity index is 1260. The maximum atomic E-state index is 13.0. The number of carbonyl (C=O) groups is 3. The molecule has 0 aliphatic carbocycles. The van der Waals surface area contributed by atoms with Gasteiger partial charge in [0.15, 0.2) is 0 Å². The Morgan fingerprint density at radius 2 is 1.61 bits per heavy atom. The van der Waals surface area contributed by atoms with Crippen molar-refractivity contribution in [3.05, 3.63) is 100 Å². The Labute approximate surface area is 192 Å². The first kappa shape index (κ1) is 22.0. The quantitative estimate of drug-likeness (QED) is 0.466. The molecule has 3 aromatic carbocycles. The number of rotatable bonds is 5. The lowest BCUT2D eigenvalue weighted by molar-refractivity contribution is -0.122. The van der Waals surface area contributed by atoms with Crippen molar-refractivity contribution in [3.63, 3.8) is 0 Å². The highest BCUT2D eigenvalue weighted by Gasteiger charge is 2.36. The van der Waals surface area contributed by atoms with E-state index in [1.165, 1.54) is 22.8 Å². The van der Waals surface area contributed by atoms with E-state index in [0.29, 0.717) is 23.4 Å². The largest absolute Gasteiger partial charge is 0.496 e. The summed E-state index contributed by atoms with van der Waals surface area (Å²) in [6.07, 6.45) is 2.17. The summed E-state index contributed by atoms with van der Waals surface area (Å²) in [7, 11) is 1.59. The molecule has 4 rings (SSSR count). The molecule has 0 unspecified atom stereocenters. The fourth-order valence-electron chi connectivity index (χ4n) is 4.02. The molecule has 0 radical (unpaired) electrons. The van der Waals surface area contributed by atoms with E-state index in [0.717, 1.165) is 10.5 Å². The monoisotopic (exact) mass is 440 g/mol. The SMILES string of the molecule is COc1cc(/C=C2\C(=O)NC(=O)N(c3ccccc3)C2=O)ccc1Cc1cc(C)cc(C)c1. The molecule has 1 aliphatic rings. The number of nitrogens with one attached hydrogen (secondary N) is 1. The molecule has 3 aromatic rings. The summed E-state index contributed by atoms with van der Waals surface area (Å²) in [5, 5.41) is 2.24. The Kier molecular flexibility index (Phi) is 6.09. The van der Waals surface area contributed by atoms with Crippen molar-refractivity contribution in [1.29, 1.82) is 0 Å². The van der Waals surface area contributed by atoms with E-state index < -0.39 is 17.8 Å². The minimum absolute atomic E-state index is 0.123. The van der Waals surface area contributed by atoms with E-state index in [1.54, 1.807) is 43.5 Å². The number of barbiturate groups is 1. The van der Waals surface area contributed by atoms with Crippen molar-refractivity contribution in [2.45, 2.75) is 20.3 Å². The minimum atomic E-state index is -0.769. The molecule has 166 valence electrons. The third-order valence-electron chi connectivity index (χ3n) is 5.41. The molecule has 0 aromatic heterocycles. The van der Waals surface area contributed by atoms with Crippen LogP contribution in [-0.4, -0.2) is 25.0 Å². The third kappa shape index (κ3) is 4.70. The first-order chi connectivity index (χ1) is 15.9. The number of amides is 4. The fraction of sp³-hybridized carbons (Fsp3) is 0.148. The first-order valence-corrected chi connectivity index (χ1v) is 10.6. The van der Waals surface area contributed by atoms with Crippen molar-refractivity contribution >= 4 is 29.6 Å². The van der Waals surface area contributed by atoms with Gasteiger partial charge in [-0.3, -0.25) is 14.9 Å². The number of methoxy groups -OCH3 is 1. The van der Waals surface area contributed by atoms with E-state index in [4.69, 9.17) is 4.74 Å². The Balaban J connectivity index is 1.65. The van der Waals surface area contributed by atoms with Gasteiger partial charge in [0.1, 0.15) is 11.3 Å². The summed E-state index contributed by atoms with van der Waals surface area (Å²) in [5.41, 5.74) is 5.45. The second-order valence-corrected chi connectivity index (χ2v) is 8.04. The molecule has 1 N–H and O–H groups in total. The molecule has 33 heavy (non-hydrogen) atoms. The van der Waals surface area contributed by atoms with Crippen molar-refractivity contribution in [2.24, 2.45) is 0 Å². The Morgan fingerprint density at radius 1 is 0.909 bits per heavy atom. The Morgan fingerprint density at radius 3 is 2.27 bits per heavy atom. The van der Waals surface area contributed by atoms with Crippen LogP contribution < -0.4 is 15.0 Å². The lowest BCUT2D eigenvalue weighted by atomic mass is 9.98. The fourth-order valence-corrected chi connectivity index (χ4v) is 4.02. The highest BCUT2D eigenvalue weighted by atomic mass is 16.5. The summed E-state index contributed by atoms with van der Waals surface area (Å²) in [4.78, 5) is 38.7. The molecule has 0 bridgehead atoms. The highest BCUT2D eigenvalue weighted by molar-refractivity contribution is 6.39. The van der Waals surface area contributed by atoms with E-state index in [1.807, 2.05) is 12.1 Å². The predicted octanol–water partition coefficient (Wildman–Crippen LogP) is 4.57. The normalized spacial score (nSPS) is 15.1. The molecule has 4 amide bonds. The van der Waals surface area contributed by atoms with Crippen molar-refractivity contribution in [2.75, 3.05) is 12.0 Å². The summed E-state index contributed by atoms with van der Waals surface area (Å²) in [6, 6.07) is 19.7. The molecule has 1 saturated heterocycles. The molecule has 1 fully saturated rings. The summed E-state index contributed by atoms with van der Waals surface area (Å²) < 4.78 is 5.59. The van der Waals surface area contributed by atoms with Crippen LogP contribution in [0.3, 0.4) is 0 Å². The number of aryl methyl sites for hydroxylation is 2. The molecular formula is C27H24N2O4. The number of imide groups is 2. The van der Waals surface area contributed by atoms with Gasteiger partial charge in [-0.15, -0.1) is 0 Å². The van der Waals surface area contributed by atoms with Gasteiger partial charge >= 0.3 is 6.03 Å². The second kappa shape index (κ2) is 9.12. The number of nitrogens with zero attached hydrogens (tertiary/aromatic N) is 1. The molecular weight excluding hydrogens is 416 g/mol. The average molecular weight is 440 g/mol. The zero-order chi connectivity index (χ0) is 23.5. The predicted molar refractivity (Wildman–Crippen MR) is 127 cm³/mol. The van der Waals surface area contributed by atoms with E-state index in [2.05, 4.69) is 37.4 Å². The number of ether oxygens (including phenoxy) is 1. The van der Waals surface area contributed by atoms with Crippen LogP contribution >= 0.6 is 0 Å². The number of para-hydroxylation sites is 1. The van der Waals surface area contributed by atoms with Crippen LogP contribution in [0.1, 0.15) is 27.8 Å². The molecule has 1 heterocycles. The third-order valence-corrected chi connectivity index (χ3v) is 5.41. The molecule has 0 spiro atoms. The highest BCUT2D eigenvalue weighted by Crippen LogP contribution is 2.27. The smallest absolute Gasteiger partial charge is 0.335 e. The minimum Gasteiger partial charge on any atom is -0.496 e. The van der Waals surface area contributed by atoms with Crippen molar-refractivity contribution in [1.82, 2.24) is 5.32 Å². The van der Waals surface area contributed by atoms with Gasteiger partial charge in [-0.1, -0.05) is 59.7 Å². The standard InChI is InChI=1S/C27H24N2O4/c1-17-11-18(2)13-20(12-17)14-21-10-9-19(16-24(21)33-3)15-23-25(30)28-27(32)29(26(23)31)22-7-5-4-6-8-22/h4-13,15-16H,14H2,1-3H3,(H,28,30,32)/b23-15+. The van der Waals surface area contributed by atoms with Crippen LogP contribution in [0.2, 0.25) is 0 Å². The lowest BCUT2D eigenvalue weighted by Crippen LogP contribution is -2.54. The van der Waals surface area contributed by atoms with Crippen LogP contribution in [-0.2, 0) is 16.0 Å². The molecule has 6 heteroatoms. The van der Waals surface area contributed by atoms with Gasteiger partial charge in [0.25, 0.3) is 11.8 Å². The summed E-state index contributed by atoms with van der Waals surface area (Å²) in [5.74, 6) is -0.744. The lowest BCUT2D eigenvalue weighted by Gasteiger charge is -2.26. The van der Waals surface area contributed by atoms with Crippen LogP contribution in [0.25, 0.3) is 6.08 Å². The number of hydrogen-bond acceptors (Lipinski definition) is 4. The van der Waals surface area contributed by atoms with Gasteiger partial charge in [-0.2, -0.15) is 0 Å². The van der Waals surface area contributed by atoms with Crippen LogP contribution in [0.5, 0.6) is 5.75 Å². The number of urea groups is 1. The van der Waals surface area contributed by atoms with Crippen molar-refractivity contribution in [3.8, 4) is 5.75 Å². The van der Waals surface area contributed by atoms with Crippen LogP contribution in [0.4, 0.5) is 10.5 Å². The zero-order valence-electron chi connectivity index (χ0n) is 18.7. The van der Waals surface area contributed by atoms with Gasteiger partial charge in [0.2, 0.25) is 0 Å². The molecule has 1 aliphatic heterocycles. The van der Waals surface area contributed by atoms with Gasteiger partial charge in [0.05, 0.1) is 12.8 Å². The second-order valence-electron chi connectivity index (χ2n) is 8.04. The van der Waals surface area contributed by atoms with Crippen molar-refractivity contribution < 1.29 is 19.1 Å². The van der Waals surface area contributed by atoms with Gasteiger partial charge in [-0.25, -0.2) is 9.69 Å². The van der Waals surface area contributed by atoms with E-state index >= 15 is 0 Å². The molecule has 0 saturated carbocycles. The number of anilines is 1. The van der Waals surface area contributed by atoms with E-state index in [9.17, 15) is 14.4 Å². The maximum Gasteiger partial charge on any atom is 0.335 e. The molecule has 6 nitrogen and oxygen atoms in total. The number of carbonyl (C=O) groups excluding carboxylic acids is 3. The number of hydrogen-bond donors (Lipinski definition) is 1. The average Bonchev–Trinajstić information content (AvgIpc) is 2.77. The van der Waals surface area contributed by atoms with Gasteiger partial charge in [-0.05, 0) is 54.8 Å². The maximum absolute atomic E-state index is 13.0. The van der Waals surface area contributed by atoms with Gasteiger partial charge < -0.3 is 4.74 Å². The summed E-state index contributed by atoms with van der Waals surface area (Å²) >= 11 is 0. The van der Waals surface area contributed by atoms with Gasteiger partial charge in [0, 0.05) is 6.42 Å². The Hall–Kier alpha value is -4.19. The summed E-state index contributed by atoms with van der Waals surface area (Å²) in [6.45, 7) is 4.14.